The Morgan fingerprint density at radius 1 is 1.46 bits per heavy atom. The van der Waals surface area contributed by atoms with E-state index in [4.69, 9.17) is 10.5 Å². The summed E-state index contributed by atoms with van der Waals surface area (Å²) >= 11 is 1.38. The first-order chi connectivity index (χ1) is 12.2. The van der Waals surface area contributed by atoms with Gasteiger partial charge in [0.1, 0.15) is 5.75 Å². The van der Waals surface area contributed by atoms with Crippen LogP contribution in [0.3, 0.4) is 0 Å². The van der Waals surface area contributed by atoms with Gasteiger partial charge in [-0.1, -0.05) is 23.9 Å². The fourth-order valence-electron chi connectivity index (χ4n) is 3.03. The van der Waals surface area contributed by atoms with Gasteiger partial charge in [0, 0.05) is 24.7 Å². The Labute approximate surface area is 153 Å². The summed E-state index contributed by atoms with van der Waals surface area (Å²) in [5, 5.41) is 2.75. The van der Waals surface area contributed by atoms with E-state index in [1.165, 1.54) is 17.8 Å². The van der Waals surface area contributed by atoms with Crippen LogP contribution in [0.2, 0.25) is 0 Å². The van der Waals surface area contributed by atoms with Crippen LogP contribution in [0, 0.1) is 0 Å². The topological polar surface area (TPSA) is 67.6 Å². The molecule has 2 aliphatic rings. The quantitative estimate of drug-likeness (QED) is 0.778. The average Bonchev–Trinajstić information content (AvgIpc) is 3.10. The second-order valence-corrected chi connectivity index (χ2v) is 7.72. The molecule has 1 aromatic rings. The van der Waals surface area contributed by atoms with Gasteiger partial charge in [-0.2, -0.15) is 13.2 Å². The molecule has 2 heterocycles. The molecule has 9 heteroatoms. The number of ether oxygens (including phenoxy) is 1. The number of halogens is 3. The van der Waals surface area contributed by atoms with E-state index >= 15 is 0 Å². The number of para-hydroxylation sites is 1. The molecule has 2 unspecified atom stereocenters. The highest BCUT2D eigenvalue weighted by atomic mass is 32.2. The van der Waals surface area contributed by atoms with E-state index in [1.807, 2.05) is 11.8 Å². The molecule has 0 radical (unpaired) electrons. The molecule has 1 aromatic carbocycles. The van der Waals surface area contributed by atoms with Gasteiger partial charge in [0.25, 0.3) is 5.91 Å². The number of hydrogen-bond acceptors (Lipinski definition) is 5. The van der Waals surface area contributed by atoms with Crippen molar-refractivity contribution in [3.05, 3.63) is 28.7 Å². The number of alkyl halides is 3. The standard InChI is InChI=1S/C17H20F3N3O2S/c1-10-22-16(24)14(26-10)7-11-3-2-4-13(25-9-17(18,19)20)15(11)23-6-5-12(21)8-23/h2-4,7,10,12H,5-6,8-9,21H2,1H3,(H,22,24). The molecule has 2 saturated heterocycles. The average molecular weight is 387 g/mol. The zero-order valence-corrected chi connectivity index (χ0v) is 15.0. The van der Waals surface area contributed by atoms with E-state index in [9.17, 15) is 18.0 Å². The van der Waals surface area contributed by atoms with Crippen LogP contribution >= 0.6 is 11.8 Å². The summed E-state index contributed by atoms with van der Waals surface area (Å²) < 4.78 is 42.9. The number of nitrogens with zero attached hydrogens (tertiary/aromatic N) is 1. The fraction of sp³-hybridized carbons (Fsp3) is 0.471. The number of hydrogen-bond donors (Lipinski definition) is 2. The van der Waals surface area contributed by atoms with Gasteiger partial charge in [0.2, 0.25) is 0 Å². The van der Waals surface area contributed by atoms with Crippen molar-refractivity contribution in [2.75, 3.05) is 24.6 Å². The molecule has 26 heavy (non-hydrogen) atoms. The van der Waals surface area contributed by atoms with Crippen LogP contribution in [0.5, 0.6) is 5.75 Å². The molecule has 2 aliphatic heterocycles. The van der Waals surface area contributed by atoms with Crippen molar-refractivity contribution in [3.8, 4) is 5.75 Å². The number of thioether (sulfide) groups is 1. The van der Waals surface area contributed by atoms with Crippen LogP contribution in [0.15, 0.2) is 23.1 Å². The molecular formula is C17H20F3N3O2S. The lowest BCUT2D eigenvalue weighted by Crippen LogP contribution is -2.28. The molecule has 0 saturated carbocycles. The predicted octanol–water partition coefficient (Wildman–Crippen LogP) is 2.72. The van der Waals surface area contributed by atoms with Gasteiger partial charge >= 0.3 is 6.18 Å². The Hall–Kier alpha value is -1.87. The fourth-order valence-corrected chi connectivity index (χ4v) is 3.94. The van der Waals surface area contributed by atoms with E-state index in [-0.39, 0.29) is 23.1 Å². The normalized spacial score (nSPS) is 25.0. The molecular weight excluding hydrogens is 367 g/mol. The molecule has 3 rings (SSSR count). The Balaban J connectivity index is 1.97. The van der Waals surface area contributed by atoms with Crippen molar-refractivity contribution < 1.29 is 22.7 Å². The van der Waals surface area contributed by atoms with Crippen LogP contribution in [-0.2, 0) is 4.79 Å². The number of amides is 1. The van der Waals surface area contributed by atoms with Crippen LogP contribution in [-0.4, -0.2) is 43.2 Å². The largest absolute Gasteiger partial charge is 0.482 e. The number of carbonyl (C=O) groups is 1. The molecule has 0 aromatic heterocycles. The van der Waals surface area contributed by atoms with E-state index in [0.717, 1.165) is 6.42 Å². The van der Waals surface area contributed by atoms with Crippen LogP contribution in [0.1, 0.15) is 18.9 Å². The summed E-state index contributed by atoms with van der Waals surface area (Å²) in [6.45, 7) is 1.65. The number of rotatable bonds is 4. The zero-order valence-electron chi connectivity index (χ0n) is 14.2. The first-order valence-electron chi connectivity index (χ1n) is 8.25. The van der Waals surface area contributed by atoms with Gasteiger partial charge in [-0.15, -0.1) is 0 Å². The molecule has 0 spiro atoms. The second kappa shape index (κ2) is 7.40. The summed E-state index contributed by atoms with van der Waals surface area (Å²) in [5.74, 6) is -0.0459. The van der Waals surface area contributed by atoms with Crippen molar-refractivity contribution in [2.24, 2.45) is 5.73 Å². The Kier molecular flexibility index (Phi) is 5.38. The summed E-state index contributed by atoms with van der Waals surface area (Å²) in [6, 6.07) is 4.86. The monoisotopic (exact) mass is 387 g/mol. The molecule has 5 nitrogen and oxygen atoms in total. The molecule has 0 bridgehead atoms. The van der Waals surface area contributed by atoms with Gasteiger partial charge in [0.15, 0.2) is 6.61 Å². The third-order valence-corrected chi connectivity index (χ3v) is 5.14. The van der Waals surface area contributed by atoms with Crippen molar-refractivity contribution in [3.63, 3.8) is 0 Å². The summed E-state index contributed by atoms with van der Waals surface area (Å²) in [7, 11) is 0. The third kappa shape index (κ3) is 4.45. The minimum absolute atomic E-state index is 0.0397. The summed E-state index contributed by atoms with van der Waals surface area (Å²) in [4.78, 5) is 14.4. The maximum Gasteiger partial charge on any atom is 0.422 e. The van der Waals surface area contributed by atoms with Crippen LogP contribution in [0.4, 0.5) is 18.9 Å². The Bertz CT molecular complexity index is 724. The highest BCUT2D eigenvalue weighted by Crippen LogP contribution is 2.38. The van der Waals surface area contributed by atoms with Crippen molar-refractivity contribution in [1.29, 1.82) is 0 Å². The van der Waals surface area contributed by atoms with Gasteiger partial charge in [-0.05, 0) is 25.5 Å². The number of benzene rings is 1. The smallest absolute Gasteiger partial charge is 0.422 e. The number of nitrogens with one attached hydrogen (secondary N) is 1. The number of carbonyl (C=O) groups excluding carboxylic acids is 1. The lowest BCUT2D eigenvalue weighted by molar-refractivity contribution is -0.153. The van der Waals surface area contributed by atoms with Gasteiger partial charge in [-0.3, -0.25) is 4.79 Å². The maximum atomic E-state index is 12.6. The highest BCUT2D eigenvalue weighted by Gasteiger charge is 2.31. The summed E-state index contributed by atoms with van der Waals surface area (Å²) in [6.07, 6.45) is -1.98. The van der Waals surface area contributed by atoms with E-state index in [1.54, 1.807) is 18.2 Å². The zero-order chi connectivity index (χ0) is 18.9. The van der Waals surface area contributed by atoms with E-state index in [2.05, 4.69) is 5.32 Å². The first kappa shape index (κ1) is 18.9. The van der Waals surface area contributed by atoms with Crippen LogP contribution < -0.4 is 20.7 Å². The molecule has 0 aliphatic carbocycles. The molecule has 2 atom stereocenters. The maximum absolute atomic E-state index is 12.6. The first-order valence-corrected chi connectivity index (χ1v) is 9.13. The lowest BCUT2D eigenvalue weighted by atomic mass is 10.1. The highest BCUT2D eigenvalue weighted by molar-refractivity contribution is 8.05. The Morgan fingerprint density at radius 3 is 2.81 bits per heavy atom. The molecule has 1 amide bonds. The SMILES string of the molecule is CC1NC(=O)C(=Cc2cccc(OCC(F)(F)F)c2N2CCC(N)C2)S1. The van der Waals surface area contributed by atoms with E-state index in [0.29, 0.717) is 29.2 Å². The van der Waals surface area contributed by atoms with Gasteiger partial charge in [-0.25, -0.2) is 0 Å². The minimum Gasteiger partial charge on any atom is -0.482 e. The Morgan fingerprint density at radius 2 is 2.23 bits per heavy atom. The minimum atomic E-state index is -4.43. The van der Waals surface area contributed by atoms with E-state index < -0.39 is 12.8 Å². The van der Waals surface area contributed by atoms with Crippen molar-refractivity contribution in [1.82, 2.24) is 5.32 Å². The number of nitrogens with two attached hydrogens (primary N) is 1. The summed E-state index contributed by atoms with van der Waals surface area (Å²) in [5.41, 5.74) is 7.15. The number of anilines is 1. The molecule has 3 N–H and O–H groups in total. The van der Waals surface area contributed by atoms with Gasteiger partial charge in [0.05, 0.1) is 16.0 Å². The van der Waals surface area contributed by atoms with Gasteiger partial charge < -0.3 is 20.7 Å². The lowest BCUT2D eigenvalue weighted by Gasteiger charge is -2.24. The van der Waals surface area contributed by atoms with Crippen molar-refractivity contribution >= 4 is 29.4 Å². The van der Waals surface area contributed by atoms with Crippen LogP contribution in [0.25, 0.3) is 6.08 Å². The van der Waals surface area contributed by atoms with Crippen molar-refractivity contribution in [2.45, 2.75) is 30.9 Å². The predicted molar refractivity (Wildman–Crippen MR) is 96.0 cm³/mol. The molecule has 142 valence electrons. The molecule has 2 fully saturated rings. The second-order valence-electron chi connectivity index (χ2n) is 6.33. The third-order valence-electron chi connectivity index (χ3n) is 4.11.